The molecule has 0 N–H and O–H groups in total. The van der Waals surface area contributed by atoms with Crippen molar-refractivity contribution in [3.63, 3.8) is 0 Å². The maximum Gasteiger partial charge on any atom is 0.119 e. The second-order valence-electron chi connectivity index (χ2n) is 4.26. The number of ether oxygens (including phenoxy) is 1. The molecule has 100 valence electrons. The highest BCUT2D eigenvalue weighted by Gasteiger charge is 2.14. The summed E-state index contributed by atoms with van der Waals surface area (Å²) in [5, 5.41) is 0.718. The van der Waals surface area contributed by atoms with E-state index in [1.165, 1.54) is 11.1 Å². The molecule has 2 aromatic rings. The summed E-state index contributed by atoms with van der Waals surface area (Å²) in [6.07, 6.45) is 0. The van der Waals surface area contributed by atoms with E-state index in [9.17, 15) is 0 Å². The summed E-state index contributed by atoms with van der Waals surface area (Å²) in [6.45, 7) is 2.08. The molecular formula is C15H13Br2ClO. The van der Waals surface area contributed by atoms with E-state index in [0.29, 0.717) is 0 Å². The molecule has 0 aliphatic rings. The lowest BCUT2D eigenvalue weighted by Crippen LogP contribution is -1.97. The lowest BCUT2D eigenvalue weighted by Gasteiger charge is -2.15. The minimum absolute atomic E-state index is 0.131. The van der Waals surface area contributed by atoms with Gasteiger partial charge in [0.15, 0.2) is 0 Å². The monoisotopic (exact) mass is 402 g/mol. The maximum absolute atomic E-state index is 6.02. The molecule has 4 heteroatoms. The van der Waals surface area contributed by atoms with E-state index in [-0.39, 0.29) is 4.83 Å². The Labute approximate surface area is 135 Å². The van der Waals surface area contributed by atoms with Gasteiger partial charge in [-0.25, -0.2) is 0 Å². The number of alkyl halides is 1. The van der Waals surface area contributed by atoms with Crippen LogP contribution in [-0.2, 0) is 0 Å². The standard InChI is InChI=1S/C15H13Br2ClO/c1-9-7-11(19-2)4-5-12(9)15(17)10-3-6-14(18)13(16)8-10/h3-8,15H,1-2H3. The van der Waals surface area contributed by atoms with Crippen LogP contribution >= 0.6 is 43.5 Å². The molecule has 2 aromatic carbocycles. The molecule has 0 bridgehead atoms. The van der Waals surface area contributed by atoms with Crippen LogP contribution in [0.1, 0.15) is 21.5 Å². The summed E-state index contributed by atoms with van der Waals surface area (Å²) < 4.78 is 6.13. The van der Waals surface area contributed by atoms with E-state index in [1.807, 2.05) is 30.3 Å². The molecule has 0 saturated carbocycles. The summed E-state index contributed by atoms with van der Waals surface area (Å²) in [7, 11) is 1.68. The average Bonchev–Trinajstić information content (AvgIpc) is 2.41. The van der Waals surface area contributed by atoms with E-state index in [0.717, 1.165) is 20.8 Å². The smallest absolute Gasteiger partial charge is 0.119 e. The molecule has 0 aromatic heterocycles. The van der Waals surface area contributed by atoms with Gasteiger partial charge in [-0.15, -0.1) is 0 Å². The van der Waals surface area contributed by atoms with Crippen LogP contribution in [0.3, 0.4) is 0 Å². The van der Waals surface area contributed by atoms with E-state index in [4.69, 9.17) is 16.3 Å². The molecule has 0 aliphatic heterocycles. The van der Waals surface area contributed by atoms with E-state index < -0.39 is 0 Å². The summed E-state index contributed by atoms with van der Waals surface area (Å²) >= 11 is 13.2. The van der Waals surface area contributed by atoms with Crippen LogP contribution in [0.25, 0.3) is 0 Å². The van der Waals surface area contributed by atoms with Gasteiger partial charge in [0.1, 0.15) is 5.75 Å². The van der Waals surface area contributed by atoms with Crippen molar-refractivity contribution in [1.82, 2.24) is 0 Å². The fraction of sp³-hybridized carbons (Fsp3) is 0.200. The van der Waals surface area contributed by atoms with Crippen LogP contribution in [-0.4, -0.2) is 7.11 Å². The van der Waals surface area contributed by atoms with Gasteiger partial charge in [-0.3, -0.25) is 0 Å². The first-order valence-electron chi connectivity index (χ1n) is 5.76. The van der Waals surface area contributed by atoms with Gasteiger partial charge in [-0.2, -0.15) is 0 Å². The molecule has 0 aliphatic carbocycles. The molecule has 2 rings (SSSR count). The van der Waals surface area contributed by atoms with Gasteiger partial charge in [-0.05, 0) is 63.8 Å². The van der Waals surface area contributed by atoms with E-state index in [1.54, 1.807) is 7.11 Å². The van der Waals surface area contributed by atoms with Crippen molar-refractivity contribution in [2.45, 2.75) is 11.8 Å². The van der Waals surface area contributed by atoms with Gasteiger partial charge in [0.25, 0.3) is 0 Å². The molecular weight excluding hydrogens is 391 g/mol. The Morgan fingerprint density at radius 1 is 1.16 bits per heavy atom. The maximum atomic E-state index is 6.02. The zero-order valence-electron chi connectivity index (χ0n) is 10.6. The highest BCUT2D eigenvalue weighted by molar-refractivity contribution is 9.10. The Morgan fingerprint density at radius 2 is 1.89 bits per heavy atom. The number of methoxy groups -OCH3 is 1. The summed E-state index contributed by atoms with van der Waals surface area (Å²) in [5.74, 6) is 0.873. The number of aryl methyl sites for hydroxylation is 1. The highest BCUT2D eigenvalue weighted by atomic mass is 79.9. The van der Waals surface area contributed by atoms with Crippen molar-refractivity contribution in [3.05, 3.63) is 62.6 Å². The van der Waals surface area contributed by atoms with Crippen molar-refractivity contribution >= 4 is 43.5 Å². The van der Waals surface area contributed by atoms with Crippen molar-refractivity contribution < 1.29 is 4.74 Å². The summed E-state index contributed by atoms with van der Waals surface area (Å²) in [4.78, 5) is 0.131. The van der Waals surface area contributed by atoms with Gasteiger partial charge in [0.2, 0.25) is 0 Å². The van der Waals surface area contributed by atoms with Gasteiger partial charge >= 0.3 is 0 Å². The van der Waals surface area contributed by atoms with Crippen molar-refractivity contribution in [2.24, 2.45) is 0 Å². The van der Waals surface area contributed by atoms with E-state index >= 15 is 0 Å². The van der Waals surface area contributed by atoms with Crippen molar-refractivity contribution in [2.75, 3.05) is 7.11 Å². The number of hydrogen-bond acceptors (Lipinski definition) is 1. The predicted molar refractivity (Wildman–Crippen MR) is 87.7 cm³/mol. The Kier molecular flexibility index (Phi) is 4.93. The SMILES string of the molecule is COc1ccc(C(Br)c2ccc(Cl)c(Br)c2)c(C)c1. The molecule has 1 unspecified atom stereocenters. The van der Waals surface area contributed by atoms with Crippen molar-refractivity contribution in [1.29, 1.82) is 0 Å². The lowest BCUT2D eigenvalue weighted by molar-refractivity contribution is 0.414. The number of rotatable bonds is 3. The van der Waals surface area contributed by atoms with Crippen LogP contribution in [0, 0.1) is 6.92 Å². The van der Waals surface area contributed by atoms with Crippen LogP contribution in [0.4, 0.5) is 0 Å². The quantitative estimate of drug-likeness (QED) is 0.579. The summed E-state index contributed by atoms with van der Waals surface area (Å²) in [6, 6.07) is 12.0. The average molecular weight is 405 g/mol. The normalized spacial score (nSPS) is 12.3. The molecule has 1 atom stereocenters. The van der Waals surface area contributed by atoms with Gasteiger partial charge in [0, 0.05) is 4.47 Å². The highest BCUT2D eigenvalue weighted by Crippen LogP contribution is 2.36. The molecule has 0 spiro atoms. The Morgan fingerprint density at radius 3 is 2.47 bits per heavy atom. The molecule has 0 amide bonds. The molecule has 0 radical (unpaired) electrons. The van der Waals surface area contributed by atoms with Crippen LogP contribution < -0.4 is 4.74 Å². The zero-order chi connectivity index (χ0) is 14.0. The predicted octanol–water partition coefficient (Wildman–Crippen LogP) is 5.90. The largest absolute Gasteiger partial charge is 0.497 e. The number of benzene rings is 2. The number of hydrogen-bond donors (Lipinski definition) is 0. The first-order valence-corrected chi connectivity index (χ1v) is 7.85. The van der Waals surface area contributed by atoms with E-state index in [2.05, 4.69) is 44.8 Å². The van der Waals surface area contributed by atoms with Crippen LogP contribution in [0.2, 0.25) is 5.02 Å². The molecule has 0 fully saturated rings. The topological polar surface area (TPSA) is 9.23 Å². The zero-order valence-corrected chi connectivity index (χ0v) is 14.5. The molecule has 1 nitrogen and oxygen atoms in total. The third kappa shape index (κ3) is 3.33. The second-order valence-corrected chi connectivity index (χ2v) is 6.44. The molecule has 0 heterocycles. The van der Waals surface area contributed by atoms with Gasteiger partial charge in [0.05, 0.1) is 17.0 Å². The third-order valence-corrected chi connectivity index (χ3v) is 5.22. The van der Waals surface area contributed by atoms with Crippen molar-refractivity contribution in [3.8, 4) is 5.75 Å². The minimum atomic E-state index is 0.131. The van der Waals surface area contributed by atoms with Crippen LogP contribution in [0.15, 0.2) is 40.9 Å². The summed E-state index contributed by atoms with van der Waals surface area (Å²) in [5.41, 5.74) is 3.56. The first-order chi connectivity index (χ1) is 9.02. The lowest BCUT2D eigenvalue weighted by atomic mass is 10.0. The van der Waals surface area contributed by atoms with Crippen LogP contribution in [0.5, 0.6) is 5.75 Å². The van der Waals surface area contributed by atoms with Gasteiger partial charge < -0.3 is 4.74 Å². The van der Waals surface area contributed by atoms with Gasteiger partial charge in [-0.1, -0.05) is 39.7 Å². The Bertz CT molecular complexity index is 599. The second kappa shape index (κ2) is 6.29. The Hall–Kier alpha value is -0.510. The molecule has 19 heavy (non-hydrogen) atoms. The Balaban J connectivity index is 2.38. The minimum Gasteiger partial charge on any atom is -0.497 e. The third-order valence-electron chi connectivity index (χ3n) is 2.99. The molecule has 0 saturated heterocycles. The number of halogens is 3. The first kappa shape index (κ1) is 14.9. The fourth-order valence-corrected chi connectivity index (χ4v) is 3.22. The fourth-order valence-electron chi connectivity index (χ4n) is 1.91.